The number of aliphatic carboxylic acids is 1. The summed E-state index contributed by atoms with van der Waals surface area (Å²) < 4.78 is 0. The smallest absolute Gasteiger partial charge is 0.315 e. The number of hydrogen-bond acceptors (Lipinski definition) is 2. The van der Waals surface area contributed by atoms with Crippen LogP contribution in [0.5, 0.6) is 0 Å². The lowest BCUT2D eigenvalue weighted by molar-refractivity contribution is -0.142. The van der Waals surface area contributed by atoms with E-state index in [1.54, 1.807) is 0 Å². The van der Waals surface area contributed by atoms with Gasteiger partial charge in [-0.1, -0.05) is 48.5 Å². The Balaban J connectivity index is 1.73. The number of aryl methyl sites for hydroxylation is 2. The van der Waals surface area contributed by atoms with Crippen LogP contribution in [0.4, 0.5) is 4.79 Å². The fourth-order valence-electron chi connectivity index (χ4n) is 3.99. The zero-order valence-electron chi connectivity index (χ0n) is 16.4. The zero-order valence-corrected chi connectivity index (χ0v) is 16.4. The summed E-state index contributed by atoms with van der Waals surface area (Å²) >= 11 is 0. The molecule has 0 radical (unpaired) electrons. The Hall–Kier alpha value is -2.82. The molecule has 5 heteroatoms. The number of benzene rings is 2. The Morgan fingerprint density at radius 3 is 1.86 bits per heavy atom. The van der Waals surface area contributed by atoms with Crippen LogP contribution >= 0.6 is 0 Å². The number of hydrogen-bond donors (Lipinski definition) is 3. The molecule has 0 unspecified atom stereocenters. The van der Waals surface area contributed by atoms with Gasteiger partial charge in [-0.05, 0) is 61.8 Å². The Labute approximate surface area is 166 Å². The Morgan fingerprint density at radius 2 is 1.39 bits per heavy atom. The second-order valence-electron chi connectivity index (χ2n) is 7.65. The first kappa shape index (κ1) is 19.9. The van der Waals surface area contributed by atoms with Crippen LogP contribution in [0.15, 0.2) is 48.5 Å². The molecule has 1 aliphatic carbocycles. The molecule has 28 heavy (non-hydrogen) atoms. The van der Waals surface area contributed by atoms with E-state index >= 15 is 0 Å². The standard InChI is InChI=1S/C23H28N2O3/c1-15-7-3-5-9-19(15)21(20-10-6-4-8-16(20)2)25-23(28)24-18-13-11-17(12-14-18)22(26)27/h3-10,17-18,21H,11-14H2,1-2H3,(H,26,27)(H2,24,25,28). The van der Waals surface area contributed by atoms with Crippen LogP contribution in [0.1, 0.15) is 54.0 Å². The van der Waals surface area contributed by atoms with Gasteiger partial charge in [-0.2, -0.15) is 0 Å². The lowest BCUT2D eigenvalue weighted by atomic mass is 9.86. The second kappa shape index (κ2) is 8.91. The van der Waals surface area contributed by atoms with Gasteiger partial charge in [0.15, 0.2) is 0 Å². The van der Waals surface area contributed by atoms with E-state index in [2.05, 4.69) is 10.6 Å². The predicted molar refractivity (Wildman–Crippen MR) is 109 cm³/mol. The van der Waals surface area contributed by atoms with Crippen molar-refractivity contribution in [3.63, 3.8) is 0 Å². The Morgan fingerprint density at radius 1 is 0.893 bits per heavy atom. The average molecular weight is 380 g/mol. The number of urea groups is 1. The molecule has 1 aliphatic rings. The van der Waals surface area contributed by atoms with Crippen LogP contribution in [-0.2, 0) is 4.79 Å². The van der Waals surface area contributed by atoms with Gasteiger partial charge in [0.1, 0.15) is 0 Å². The first-order chi connectivity index (χ1) is 13.5. The lowest BCUT2D eigenvalue weighted by Crippen LogP contribution is -2.45. The highest BCUT2D eigenvalue weighted by Crippen LogP contribution is 2.28. The molecule has 0 aliphatic heterocycles. The molecule has 3 rings (SSSR count). The van der Waals surface area contributed by atoms with Gasteiger partial charge >= 0.3 is 12.0 Å². The van der Waals surface area contributed by atoms with Crippen LogP contribution in [0.25, 0.3) is 0 Å². The van der Waals surface area contributed by atoms with Crippen molar-refractivity contribution in [3.05, 3.63) is 70.8 Å². The number of carbonyl (C=O) groups is 2. The molecule has 0 spiro atoms. The number of rotatable bonds is 5. The molecule has 3 N–H and O–H groups in total. The van der Waals surface area contributed by atoms with Gasteiger partial charge in [-0.3, -0.25) is 4.79 Å². The van der Waals surface area contributed by atoms with E-state index in [0.29, 0.717) is 25.7 Å². The number of carboxylic acids is 1. The molecular weight excluding hydrogens is 352 g/mol. The van der Waals surface area contributed by atoms with Gasteiger partial charge in [0.25, 0.3) is 0 Å². The molecule has 0 aromatic heterocycles. The fraction of sp³-hybridized carbons (Fsp3) is 0.391. The van der Waals surface area contributed by atoms with E-state index in [-0.39, 0.29) is 24.0 Å². The second-order valence-corrected chi connectivity index (χ2v) is 7.65. The maximum absolute atomic E-state index is 12.8. The zero-order chi connectivity index (χ0) is 20.1. The topological polar surface area (TPSA) is 78.4 Å². The van der Waals surface area contributed by atoms with Crippen molar-refractivity contribution in [2.45, 2.75) is 51.6 Å². The van der Waals surface area contributed by atoms with Gasteiger partial charge in [0, 0.05) is 6.04 Å². The van der Waals surface area contributed by atoms with E-state index in [0.717, 1.165) is 22.3 Å². The van der Waals surface area contributed by atoms with Gasteiger partial charge in [0.2, 0.25) is 0 Å². The van der Waals surface area contributed by atoms with Gasteiger partial charge in [-0.15, -0.1) is 0 Å². The highest BCUT2D eigenvalue weighted by atomic mass is 16.4. The van der Waals surface area contributed by atoms with E-state index in [9.17, 15) is 9.59 Å². The largest absolute Gasteiger partial charge is 0.481 e. The highest BCUT2D eigenvalue weighted by Gasteiger charge is 2.27. The molecule has 2 aromatic rings. The van der Waals surface area contributed by atoms with Gasteiger partial charge in [0.05, 0.1) is 12.0 Å². The molecule has 1 fully saturated rings. The normalized spacial score (nSPS) is 19.2. The Bertz CT molecular complexity index is 796. The van der Waals surface area contributed by atoms with Crippen LogP contribution in [0, 0.1) is 19.8 Å². The summed E-state index contributed by atoms with van der Waals surface area (Å²) in [5.41, 5.74) is 4.39. The third kappa shape index (κ3) is 4.71. The van der Waals surface area contributed by atoms with E-state index in [1.807, 2.05) is 62.4 Å². The molecule has 2 amide bonds. The van der Waals surface area contributed by atoms with Crippen LogP contribution in [0.3, 0.4) is 0 Å². The Kier molecular flexibility index (Phi) is 6.34. The minimum atomic E-state index is -0.734. The number of nitrogens with one attached hydrogen (secondary N) is 2. The molecule has 0 atom stereocenters. The van der Waals surface area contributed by atoms with Crippen molar-refractivity contribution >= 4 is 12.0 Å². The predicted octanol–water partition coefficient (Wildman–Crippen LogP) is 4.34. The maximum Gasteiger partial charge on any atom is 0.315 e. The average Bonchev–Trinajstić information content (AvgIpc) is 2.68. The molecule has 1 saturated carbocycles. The minimum Gasteiger partial charge on any atom is -0.481 e. The monoisotopic (exact) mass is 380 g/mol. The van der Waals surface area contributed by atoms with Crippen molar-refractivity contribution < 1.29 is 14.7 Å². The molecule has 0 heterocycles. The van der Waals surface area contributed by atoms with Crippen LogP contribution in [0.2, 0.25) is 0 Å². The van der Waals surface area contributed by atoms with E-state index in [1.165, 1.54) is 0 Å². The summed E-state index contributed by atoms with van der Waals surface area (Å²) in [4.78, 5) is 23.9. The third-order valence-corrected chi connectivity index (χ3v) is 5.69. The summed E-state index contributed by atoms with van der Waals surface area (Å²) in [7, 11) is 0. The molecule has 0 saturated heterocycles. The van der Waals surface area contributed by atoms with Crippen molar-refractivity contribution in [2.24, 2.45) is 5.92 Å². The van der Waals surface area contributed by atoms with Crippen molar-refractivity contribution in [3.8, 4) is 0 Å². The first-order valence-electron chi connectivity index (χ1n) is 9.86. The number of amides is 2. The minimum absolute atomic E-state index is 0.0185. The SMILES string of the molecule is Cc1ccccc1C(NC(=O)NC1CCC(C(=O)O)CC1)c1ccccc1C. The summed E-state index contributed by atoms with van der Waals surface area (Å²) in [6.45, 7) is 4.10. The summed E-state index contributed by atoms with van der Waals surface area (Å²) in [6.07, 6.45) is 2.62. The van der Waals surface area contributed by atoms with Gasteiger partial charge < -0.3 is 15.7 Å². The lowest BCUT2D eigenvalue weighted by Gasteiger charge is -2.29. The van der Waals surface area contributed by atoms with E-state index in [4.69, 9.17) is 5.11 Å². The van der Waals surface area contributed by atoms with Crippen molar-refractivity contribution in [1.29, 1.82) is 0 Å². The van der Waals surface area contributed by atoms with Crippen LogP contribution in [-0.4, -0.2) is 23.1 Å². The summed E-state index contributed by atoms with van der Waals surface area (Å²) in [5.74, 6) is -1.02. The van der Waals surface area contributed by atoms with Crippen LogP contribution < -0.4 is 10.6 Å². The number of carbonyl (C=O) groups excluding carboxylic acids is 1. The van der Waals surface area contributed by atoms with Crippen molar-refractivity contribution in [1.82, 2.24) is 10.6 Å². The summed E-state index contributed by atoms with van der Waals surface area (Å²) in [6, 6.07) is 15.7. The molecule has 148 valence electrons. The number of carboxylic acid groups (broad SMARTS) is 1. The molecule has 5 nitrogen and oxygen atoms in total. The highest BCUT2D eigenvalue weighted by molar-refractivity contribution is 5.76. The van der Waals surface area contributed by atoms with Gasteiger partial charge in [-0.25, -0.2) is 4.79 Å². The first-order valence-corrected chi connectivity index (χ1v) is 9.86. The van der Waals surface area contributed by atoms with E-state index < -0.39 is 5.97 Å². The summed E-state index contributed by atoms with van der Waals surface area (Å²) in [5, 5.41) is 15.3. The molecule has 2 aromatic carbocycles. The molecule has 0 bridgehead atoms. The molecular formula is C23H28N2O3. The maximum atomic E-state index is 12.8. The van der Waals surface area contributed by atoms with Crippen molar-refractivity contribution in [2.75, 3.05) is 0 Å². The quantitative estimate of drug-likeness (QED) is 0.722. The fourth-order valence-corrected chi connectivity index (χ4v) is 3.99. The third-order valence-electron chi connectivity index (χ3n) is 5.69.